The molecular formula is C13H14ClNO3. The molecule has 0 saturated carbocycles. The highest BCUT2D eigenvalue weighted by atomic mass is 35.5. The van der Waals surface area contributed by atoms with Gasteiger partial charge < -0.3 is 14.8 Å². The smallest absolute Gasteiger partial charge is 0.354 e. The van der Waals surface area contributed by atoms with E-state index >= 15 is 0 Å². The lowest BCUT2D eigenvalue weighted by molar-refractivity contribution is -0.165. The van der Waals surface area contributed by atoms with E-state index in [1.165, 1.54) is 0 Å². The Morgan fingerprint density at radius 3 is 2.61 bits per heavy atom. The number of carbonyl (C=O) groups excluding carboxylic acids is 1. The van der Waals surface area contributed by atoms with Crippen LogP contribution in [-0.2, 0) is 14.3 Å². The van der Waals surface area contributed by atoms with Crippen LogP contribution in [0.4, 0.5) is 5.69 Å². The molecule has 1 atom stereocenters. The molecule has 1 aromatic carbocycles. The Bertz CT molecular complexity index is 470. The number of rotatable bonds is 4. The summed E-state index contributed by atoms with van der Waals surface area (Å²) in [5.74, 6) is -0.569. The maximum absolute atomic E-state index is 11.4. The fourth-order valence-corrected chi connectivity index (χ4v) is 1.74. The Labute approximate surface area is 111 Å². The predicted octanol–water partition coefficient (Wildman–Crippen LogP) is 2.86. The van der Waals surface area contributed by atoms with Gasteiger partial charge in [-0.25, -0.2) is 4.79 Å². The van der Waals surface area contributed by atoms with Gasteiger partial charge in [-0.3, -0.25) is 0 Å². The van der Waals surface area contributed by atoms with E-state index in [1.54, 1.807) is 0 Å². The van der Waals surface area contributed by atoms with Crippen LogP contribution in [0, 0.1) is 0 Å². The van der Waals surface area contributed by atoms with E-state index in [-0.39, 0.29) is 11.1 Å². The van der Waals surface area contributed by atoms with Crippen molar-refractivity contribution in [3.05, 3.63) is 41.1 Å². The van der Waals surface area contributed by atoms with E-state index in [4.69, 9.17) is 21.1 Å². The monoisotopic (exact) mass is 267 g/mol. The van der Waals surface area contributed by atoms with Crippen LogP contribution < -0.4 is 5.32 Å². The van der Waals surface area contributed by atoms with Crippen LogP contribution in [0.25, 0.3) is 0 Å². The fourth-order valence-electron chi connectivity index (χ4n) is 1.56. The number of benzene rings is 1. The standard InChI is InChI=1S/C13H14ClNO3/c1-8(2)17-13-11(10(14)12(16)18-13)15-9-6-4-3-5-7-9/h3-8,13,15H,1-2H3/t13-/m0/s1. The van der Waals surface area contributed by atoms with Gasteiger partial charge in [-0.1, -0.05) is 29.8 Å². The Kier molecular flexibility index (Phi) is 3.89. The molecule has 0 unspecified atom stereocenters. The number of hydrogen-bond donors (Lipinski definition) is 1. The third-order valence-corrected chi connectivity index (χ3v) is 2.67. The molecule has 2 rings (SSSR count). The highest BCUT2D eigenvalue weighted by Crippen LogP contribution is 2.28. The first-order valence-corrected chi connectivity index (χ1v) is 6.04. The van der Waals surface area contributed by atoms with Crippen molar-refractivity contribution in [3.63, 3.8) is 0 Å². The number of para-hydroxylation sites is 1. The minimum atomic E-state index is -0.773. The number of esters is 1. The molecule has 1 aliphatic heterocycles. The molecule has 0 spiro atoms. The molecule has 0 bridgehead atoms. The number of ether oxygens (including phenoxy) is 2. The van der Waals surface area contributed by atoms with Gasteiger partial charge in [-0.2, -0.15) is 0 Å². The van der Waals surface area contributed by atoms with Crippen LogP contribution in [0.1, 0.15) is 13.8 Å². The number of carbonyl (C=O) groups is 1. The number of anilines is 1. The van der Waals surface area contributed by atoms with Crippen LogP contribution in [0.5, 0.6) is 0 Å². The molecule has 1 N–H and O–H groups in total. The Hall–Kier alpha value is -1.52. The molecule has 96 valence electrons. The summed E-state index contributed by atoms with van der Waals surface area (Å²) in [6.45, 7) is 3.72. The molecule has 5 heteroatoms. The van der Waals surface area contributed by atoms with Crippen molar-refractivity contribution in [2.24, 2.45) is 0 Å². The lowest BCUT2D eigenvalue weighted by Gasteiger charge is -2.18. The first kappa shape index (κ1) is 12.9. The second kappa shape index (κ2) is 5.42. The summed E-state index contributed by atoms with van der Waals surface area (Å²) in [7, 11) is 0. The minimum Gasteiger partial charge on any atom is -0.425 e. The van der Waals surface area contributed by atoms with Crippen molar-refractivity contribution in [2.45, 2.75) is 26.2 Å². The van der Waals surface area contributed by atoms with Crippen molar-refractivity contribution in [1.29, 1.82) is 0 Å². The summed E-state index contributed by atoms with van der Waals surface area (Å²) in [4.78, 5) is 11.4. The van der Waals surface area contributed by atoms with Crippen molar-refractivity contribution in [2.75, 3.05) is 5.32 Å². The lowest BCUT2D eigenvalue weighted by Crippen LogP contribution is -2.23. The van der Waals surface area contributed by atoms with Gasteiger partial charge in [0.15, 0.2) is 5.03 Å². The Balaban J connectivity index is 2.19. The quantitative estimate of drug-likeness (QED) is 0.852. The van der Waals surface area contributed by atoms with Crippen LogP contribution in [0.3, 0.4) is 0 Å². The normalized spacial score (nSPS) is 19.3. The molecule has 1 aliphatic rings. The minimum absolute atomic E-state index is 0.0319. The molecule has 0 amide bonds. The van der Waals surface area contributed by atoms with Gasteiger partial charge in [-0.05, 0) is 26.0 Å². The molecule has 0 fully saturated rings. The van der Waals surface area contributed by atoms with Gasteiger partial charge in [0.2, 0.25) is 6.29 Å². The second-order valence-electron chi connectivity index (χ2n) is 4.14. The summed E-state index contributed by atoms with van der Waals surface area (Å²) in [6, 6.07) is 9.40. The van der Waals surface area contributed by atoms with Gasteiger partial charge in [0.05, 0.1) is 6.10 Å². The van der Waals surface area contributed by atoms with Gasteiger partial charge in [0, 0.05) is 5.69 Å². The highest BCUT2D eigenvalue weighted by Gasteiger charge is 2.34. The van der Waals surface area contributed by atoms with Gasteiger partial charge in [0.1, 0.15) is 5.70 Å². The van der Waals surface area contributed by atoms with E-state index < -0.39 is 12.3 Å². The molecule has 0 radical (unpaired) electrons. The van der Waals surface area contributed by atoms with Crippen molar-refractivity contribution in [1.82, 2.24) is 0 Å². The van der Waals surface area contributed by atoms with Crippen LogP contribution in [0.15, 0.2) is 41.1 Å². The average Bonchev–Trinajstić information content (AvgIpc) is 2.58. The fraction of sp³-hybridized carbons (Fsp3) is 0.308. The summed E-state index contributed by atoms with van der Waals surface area (Å²) >= 11 is 5.92. The van der Waals surface area contributed by atoms with E-state index in [0.29, 0.717) is 5.70 Å². The lowest BCUT2D eigenvalue weighted by atomic mass is 10.3. The maximum atomic E-state index is 11.4. The molecule has 0 aromatic heterocycles. The SMILES string of the molecule is CC(C)O[C@H]1OC(=O)C(Cl)=C1Nc1ccccc1. The number of cyclic esters (lactones) is 1. The highest BCUT2D eigenvalue weighted by molar-refractivity contribution is 6.42. The molecule has 1 aromatic rings. The zero-order chi connectivity index (χ0) is 13.1. The molecule has 1 heterocycles. The van der Waals surface area contributed by atoms with Crippen LogP contribution in [-0.4, -0.2) is 18.4 Å². The second-order valence-corrected chi connectivity index (χ2v) is 4.52. The summed E-state index contributed by atoms with van der Waals surface area (Å²) in [6.07, 6.45) is -0.844. The first-order chi connectivity index (χ1) is 8.58. The number of halogens is 1. The largest absolute Gasteiger partial charge is 0.425 e. The van der Waals surface area contributed by atoms with Crippen molar-refractivity contribution >= 4 is 23.3 Å². The number of nitrogens with one attached hydrogen (secondary N) is 1. The van der Waals surface area contributed by atoms with E-state index in [0.717, 1.165) is 5.69 Å². The summed E-state index contributed by atoms with van der Waals surface area (Å²) < 4.78 is 10.5. The molecule has 0 aliphatic carbocycles. The van der Waals surface area contributed by atoms with Gasteiger partial charge >= 0.3 is 5.97 Å². The Morgan fingerprint density at radius 1 is 1.33 bits per heavy atom. The third-order valence-electron chi connectivity index (χ3n) is 2.31. The van der Waals surface area contributed by atoms with Crippen LogP contribution >= 0.6 is 11.6 Å². The molecule has 4 nitrogen and oxygen atoms in total. The predicted molar refractivity (Wildman–Crippen MR) is 69.0 cm³/mol. The Morgan fingerprint density at radius 2 is 2.00 bits per heavy atom. The number of hydrogen-bond acceptors (Lipinski definition) is 4. The topological polar surface area (TPSA) is 47.6 Å². The first-order valence-electron chi connectivity index (χ1n) is 5.66. The molecular weight excluding hydrogens is 254 g/mol. The maximum Gasteiger partial charge on any atom is 0.354 e. The summed E-state index contributed by atoms with van der Waals surface area (Å²) in [5, 5.41) is 3.09. The zero-order valence-electron chi connectivity index (χ0n) is 10.1. The average molecular weight is 268 g/mol. The summed E-state index contributed by atoms with van der Waals surface area (Å²) in [5.41, 5.74) is 1.27. The molecule has 0 saturated heterocycles. The van der Waals surface area contributed by atoms with Crippen molar-refractivity contribution < 1.29 is 14.3 Å². The van der Waals surface area contributed by atoms with Gasteiger partial charge in [-0.15, -0.1) is 0 Å². The zero-order valence-corrected chi connectivity index (χ0v) is 10.9. The van der Waals surface area contributed by atoms with E-state index in [2.05, 4.69) is 5.32 Å². The van der Waals surface area contributed by atoms with E-state index in [9.17, 15) is 4.79 Å². The van der Waals surface area contributed by atoms with Crippen molar-refractivity contribution in [3.8, 4) is 0 Å². The van der Waals surface area contributed by atoms with Gasteiger partial charge in [0.25, 0.3) is 0 Å². The van der Waals surface area contributed by atoms with Crippen LogP contribution in [0.2, 0.25) is 0 Å². The third kappa shape index (κ3) is 2.83. The molecule has 18 heavy (non-hydrogen) atoms. The van der Waals surface area contributed by atoms with E-state index in [1.807, 2.05) is 44.2 Å².